The minimum absolute atomic E-state index is 0.126. The van der Waals surface area contributed by atoms with Crippen molar-refractivity contribution in [3.05, 3.63) is 47.5 Å². The van der Waals surface area contributed by atoms with E-state index in [0.29, 0.717) is 6.42 Å². The van der Waals surface area contributed by atoms with Gasteiger partial charge in [-0.1, -0.05) is 6.07 Å². The molecule has 2 bridgehead atoms. The highest BCUT2D eigenvalue weighted by Crippen LogP contribution is 2.43. The first kappa shape index (κ1) is 13.8. The maximum Gasteiger partial charge on any atom is 0.231 e. The van der Waals surface area contributed by atoms with E-state index in [1.165, 1.54) is 0 Å². The van der Waals surface area contributed by atoms with E-state index in [2.05, 4.69) is 14.9 Å². The average Bonchev–Trinajstić information content (AvgIpc) is 3.18. The predicted octanol–water partition coefficient (Wildman–Crippen LogP) is 2.04. The van der Waals surface area contributed by atoms with Gasteiger partial charge in [0, 0.05) is 24.2 Å². The van der Waals surface area contributed by atoms with E-state index in [0.717, 1.165) is 47.6 Å². The van der Waals surface area contributed by atoms with Crippen LogP contribution >= 0.6 is 0 Å². The lowest BCUT2D eigenvalue weighted by molar-refractivity contribution is -0.134. The summed E-state index contributed by atoms with van der Waals surface area (Å²) in [6.07, 6.45) is 6.72. The summed E-state index contributed by atoms with van der Waals surface area (Å²) in [5.74, 6) is 1.63. The molecule has 24 heavy (non-hydrogen) atoms. The summed E-state index contributed by atoms with van der Waals surface area (Å²) >= 11 is 0. The Morgan fingerprint density at radius 2 is 2.17 bits per heavy atom. The number of amides is 1. The zero-order chi connectivity index (χ0) is 16.1. The van der Waals surface area contributed by atoms with E-state index in [9.17, 15) is 4.79 Å². The highest BCUT2D eigenvalue weighted by Gasteiger charge is 2.42. The summed E-state index contributed by atoms with van der Waals surface area (Å²) in [6, 6.07) is 6.11. The Hall–Kier alpha value is -2.63. The van der Waals surface area contributed by atoms with Crippen LogP contribution < -0.4 is 9.47 Å². The van der Waals surface area contributed by atoms with Crippen LogP contribution in [0.4, 0.5) is 0 Å². The molecular weight excluding hydrogens is 306 g/mol. The number of fused-ring (bicyclic) bond motifs is 5. The fraction of sp³-hybridized carbons (Fsp3) is 0.389. The Balaban J connectivity index is 1.40. The van der Waals surface area contributed by atoms with Crippen molar-refractivity contribution in [2.24, 2.45) is 0 Å². The molecule has 6 heteroatoms. The molecule has 1 fully saturated rings. The lowest BCUT2D eigenvalue weighted by Gasteiger charge is -2.35. The van der Waals surface area contributed by atoms with Gasteiger partial charge in [0.25, 0.3) is 0 Å². The molecule has 1 aromatic carbocycles. The molecule has 0 radical (unpaired) electrons. The number of hydrogen-bond acceptors (Lipinski definition) is 5. The molecule has 2 aromatic rings. The van der Waals surface area contributed by atoms with Gasteiger partial charge in [-0.25, -0.2) is 9.97 Å². The third-order valence-corrected chi connectivity index (χ3v) is 5.20. The number of nitrogens with zero attached hydrogens (tertiary/aromatic N) is 3. The second kappa shape index (κ2) is 5.19. The largest absolute Gasteiger partial charge is 0.454 e. The highest BCUT2D eigenvalue weighted by molar-refractivity contribution is 5.80. The van der Waals surface area contributed by atoms with E-state index in [1.807, 2.05) is 24.4 Å². The van der Waals surface area contributed by atoms with Crippen LogP contribution in [0.1, 0.15) is 35.7 Å². The third-order valence-electron chi connectivity index (χ3n) is 5.20. The van der Waals surface area contributed by atoms with Crippen molar-refractivity contribution >= 4 is 5.91 Å². The molecule has 1 aromatic heterocycles. The van der Waals surface area contributed by atoms with Crippen molar-refractivity contribution in [1.82, 2.24) is 14.9 Å². The van der Waals surface area contributed by atoms with Gasteiger partial charge in [0.15, 0.2) is 11.5 Å². The van der Waals surface area contributed by atoms with Crippen LogP contribution in [0.2, 0.25) is 0 Å². The summed E-state index contributed by atoms with van der Waals surface area (Å²) in [5, 5.41) is 0. The molecular formula is C18H17N3O3. The number of hydrogen-bond donors (Lipinski definition) is 0. The number of carbonyl (C=O) groups is 1. The first-order chi connectivity index (χ1) is 11.8. The van der Waals surface area contributed by atoms with Crippen LogP contribution in [-0.2, 0) is 17.6 Å². The van der Waals surface area contributed by atoms with Crippen LogP contribution in [0.25, 0.3) is 0 Å². The molecule has 0 N–H and O–H groups in total. The molecule has 4 heterocycles. The highest BCUT2D eigenvalue weighted by atomic mass is 16.7. The minimum Gasteiger partial charge on any atom is -0.454 e. The molecule has 0 aliphatic carbocycles. The Morgan fingerprint density at radius 3 is 3.12 bits per heavy atom. The summed E-state index contributed by atoms with van der Waals surface area (Å²) in [6.45, 7) is 0.250. The standard InChI is InChI=1S/C18H17N3O3/c22-18(6-11-1-4-16-17(5-11)24-10-23-16)21-12-2-3-15(21)13-8-19-9-20-14(13)7-12/h1,4-5,8-9,12,15H,2-3,6-7,10H2/t12-,15-/m0/s1. The lowest BCUT2D eigenvalue weighted by atomic mass is 9.98. The maximum absolute atomic E-state index is 13.0. The molecule has 0 saturated carbocycles. The first-order valence-corrected chi connectivity index (χ1v) is 8.28. The second-order valence-electron chi connectivity index (χ2n) is 6.54. The predicted molar refractivity (Wildman–Crippen MR) is 84.6 cm³/mol. The Bertz CT molecular complexity index is 823. The zero-order valence-electron chi connectivity index (χ0n) is 13.1. The molecule has 5 rings (SSSR count). The number of ether oxygens (including phenoxy) is 2. The van der Waals surface area contributed by atoms with Crippen molar-refractivity contribution in [2.75, 3.05) is 6.79 Å². The third kappa shape index (κ3) is 2.06. The van der Waals surface area contributed by atoms with E-state index in [1.54, 1.807) is 6.33 Å². The fourth-order valence-corrected chi connectivity index (χ4v) is 4.12. The smallest absolute Gasteiger partial charge is 0.231 e. The van der Waals surface area contributed by atoms with E-state index < -0.39 is 0 Å². The molecule has 6 nitrogen and oxygen atoms in total. The van der Waals surface area contributed by atoms with Gasteiger partial charge in [0.05, 0.1) is 18.2 Å². The van der Waals surface area contributed by atoms with E-state index in [-0.39, 0.29) is 24.8 Å². The fourth-order valence-electron chi connectivity index (χ4n) is 4.12. The van der Waals surface area contributed by atoms with Crippen molar-refractivity contribution in [1.29, 1.82) is 0 Å². The van der Waals surface area contributed by atoms with Crippen molar-refractivity contribution in [3.63, 3.8) is 0 Å². The molecule has 1 saturated heterocycles. The molecule has 1 amide bonds. The topological polar surface area (TPSA) is 64.6 Å². The van der Waals surface area contributed by atoms with Crippen LogP contribution in [0.3, 0.4) is 0 Å². The zero-order valence-corrected chi connectivity index (χ0v) is 13.1. The van der Waals surface area contributed by atoms with Gasteiger partial charge >= 0.3 is 0 Å². The molecule has 3 aliphatic rings. The number of rotatable bonds is 2. The van der Waals surface area contributed by atoms with Crippen LogP contribution in [0, 0.1) is 0 Å². The summed E-state index contributed by atoms with van der Waals surface area (Å²) in [5.41, 5.74) is 3.17. The van der Waals surface area contributed by atoms with Crippen LogP contribution in [0.15, 0.2) is 30.7 Å². The molecule has 0 unspecified atom stereocenters. The number of carbonyl (C=O) groups excluding carboxylic acids is 1. The Morgan fingerprint density at radius 1 is 1.25 bits per heavy atom. The van der Waals surface area contributed by atoms with E-state index in [4.69, 9.17) is 9.47 Å². The second-order valence-corrected chi connectivity index (χ2v) is 6.54. The van der Waals surface area contributed by atoms with Gasteiger partial charge in [-0.3, -0.25) is 4.79 Å². The molecule has 2 atom stereocenters. The van der Waals surface area contributed by atoms with E-state index >= 15 is 0 Å². The average molecular weight is 323 g/mol. The van der Waals surface area contributed by atoms with Gasteiger partial charge in [-0.05, 0) is 30.5 Å². The lowest BCUT2D eigenvalue weighted by Crippen LogP contribution is -2.43. The monoisotopic (exact) mass is 323 g/mol. The van der Waals surface area contributed by atoms with Gasteiger partial charge in [-0.15, -0.1) is 0 Å². The summed E-state index contributed by atoms with van der Waals surface area (Å²) < 4.78 is 10.7. The van der Waals surface area contributed by atoms with Gasteiger partial charge in [0.1, 0.15) is 6.33 Å². The van der Waals surface area contributed by atoms with Crippen LogP contribution in [0.5, 0.6) is 11.5 Å². The molecule has 122 valence electrons. The summed E-state index contributed by atoms with van der Waals surface area (Å²) in [4.78, 5) is 23.6. The van der Waals surface area contributed by atoms with Gasteiger partial charge in [0.2, 0.25) is 12.7 Å². The maximum atomic E-state index is 13.0. The normalized spacial score (nSPS) is 23.2. The number of benzene rings is 1. The number of aromatic nitrogens is 2. The van der Waals surface area contributed by atoms with Crippen molar-refractivity contribution in [3.8, 4) is 11.5 Å². The minimum atomic E-state index is 0.126. The first-order valence-electron chi connectivity index (χ1n) is 8.28. The van der Waals surface area contributed by atoms with Gasteiger partial charge < -0.3 is 14.4 Å². The molecule has 0 spiro atoms. The Kier molecular flexibility index (Phi) is 2.98. The Labute approximate surface area is 139 Å². The SMILES string of the molecule is O=C(Cc1ccc2c(c1)OCO2)N1[C@H]2CC[C@H]1c1cncnc1C2. The summed E-state index contributed by atoms with van der Waals surface area (Å²) in [7, 11) is 0. The van der Waals surface area contributed by atoms with Gasteiger partial charge in [-0.2, -0.15) is 0 Å². The van der Waals surface area contributed by atoms with Crippen LogP contribution in [-0.4, -0.2) is 33.6 Å². The quantitative estimate of drug-likeness (QED) is 0.846. The van der Waals surface area contributed by atoms with Crippen molar-refractivity contribution in [2.45, 2.75) is 37.8 Å². The molecule has 3 aliphatic heterocycles. The van der Waals surface area contributed by atoms with Crippen molar-refractivity contribution < 1.29 is 14.3 Å².